The lowest BCUT2D eigenvalue weighted by molar-refractivity contribution is -0.135. The van der Waals surface area contributed by atoms with E-state index in [-0.39, 0.29) is 17.7 Å². The highest BCUT2D eigenvalue weighted by atomic mass is 16.2. The van der Waals surface area contributed by atoms with Crippen LogP contribution in [0.4, 0.5) is 0 Å². The van der Waals surface area contributed by atoms with Crippen molar-refractivity contribution in [3.63, 3.8) is 0 Å². The van der Waals surface area contributed by atoms with E-state index in [2.05, 4.69) is 30.3 Å². The van der Waals surface area contributed by atoms with Gasteiger partial charge in [-0.3, -0.25) is 9.59 Å². The molecule has 2 fully saturated rings. The molecule has 1 atom stereocenters. The maximum absolute atomic E-state index is 12.9. The van der Waals surface area contributed by atoms with Gasteiger partial charge in [0.05, 0.1) is 5.92 Å². The SMILES string of the molecule is O=C([C@@H]1CC(=O)N(C2CCCC2)C1)N1CC=C(c2ccccc2)CC1. The third-order valence-electron chi connectivity index (χ3n) is 5.94. The van der Waals surface area contributed by atoms with E-state index in [4.69, 9.17) is 0 Å². The van der Waals surface area contributed by atoms with E-state index in [0.717, 1.165) is 25.8 Å². The van der Waals surface area contributed by atoms with Crippen molar-refractivity contribution in [1.82, 2.24) is 9.80 Å². The van der Waals surface area contributed by atoms with E-state index >= 15 is 0 Å². The van der Waals surface area contributed by atoms with Crippen molar-refractivity contribution >= 4 is 17.4 Å². The maximum atomic E-state index is 12.9. The van der Waals surface area contributed by atoms with Crippen LogP contribution in [0, 0.1) is 5.92 Å². The van der Waals surface area contributed by atoms with Crippen LogP contribution in [0.5, 0.6) is 0 Å². The predicted molar refractivity (Wildman–Crippen MR) is 97.7 cm³/mol. The lowest BCUT2D eigenvalue weighted by Gasteiger charge is -2.29. The second-order valence-corrected chi connectivity index (χ2v) is 7.52. The molecule has 1 saturated heterocycles. The first-order valence-electron chi connectivity index (χ1n) is 9.55. The van der Waals surface area contributed by atoms with Crippen LogP contribution in [0.2, 0.25) is 0 Å². The molecular formula is C21H26N2O2. The predicted octanol–water partition coefficient (Wildman–Crippen LogP) is 3.09. The highest BCUT2D eigenvalue weighted by Crippen LogP contribution is 2.31. The molecule has 4 nitrogen and oxygen atoms in total. The number of rotatable bonds is 3. The molecule has 1 aromatic rings. The zero-order valence-corrected chi connectivity index (χ0v) is 14.7. The second kappa shape index (κ2) is 7.03. The Hall–Kier alpha value is -2.10. The summed E-state index contributed by atoms with van der Waals surface area (Å²) in [6, 6.07) is 10.8. The smallest absolute Gasteiger partial charge is 0.228 e. The van der Waals surface area contributed by atoms with Crippen LogP contribution in [-0.2, 0) is 9.59 Å². The van der Waals surface area contributed by atoms with Gasteiger partial charge in [-0.25, -0.2) is 0 Å². The van der Waals surface area contributed by atoms with Crippen molar-refractivity contribution in [3.05, 3.63) is 42.0 Å². The second-order valence-electron chi connectivity index (χ2n) is 7.52. The minimum absolute atomic E-state index is 0.139. The molecule has 0 aromatic heterocycles. The van der Waals surface area contributed by atoms with Crippen LogP contribution in [0.15, 0.2) is 36.4 Å². The first kappa shape index (κ1) is 16.4. The highest BCUT2D eigenvalue weighted by Gasteiger charge is 2.40. The third-order valence-corrected chi connectivity index (χ3v) is 5.94. The molecule has 0 N–H and O–H groups in total. The van der Waals surface area contributed by atoms with Gasteiger partial charge in [0, 0.05) is 32.1 Å². The van der Waals surface area contributed by atoms with E-state index < -0.39 is 0 Å². The molecular weight excluding hydrogens is 312 g/mol. The normalized spacial score (nSPS) is 24.7. The van der Waals surface area contributed by atoms with Crippen LogP contribution in [0.1, 0.15) is 44.1 Å². The zero-order valence-electron chi connectivity index (χ0n) is 14.7. The van der Waals surface area contributed by atoms with E-state index in [9.17, 15) is 9.59 Å². The average molecular weight is 338 g/mol. The summed E-state index contributed by atoms with van der Waals surface area (Å²) in [6.45, 7) is 2.05. The molecule has 1 saturated carbocycles. The van der Waals surface area contributed by atoms with Gasteiger partial charge in [-0.15, -0.1) is 0 Å². The molecule has 25 heavy (non-hydrogen) atoms. The number of carbonyl (C=O) groups excluding carboxylic acids is 2. The van der Waals surface area contributed by atoms with Crippen molar-refractivity contribution < 1.29 is 9.59 Å². The average Bonchev–Trinajstić information content (AvgIpc) is 3.31. The molecule has 2 amide bonds. The fourth-order valence-electron chi connectivity index (χ4n) is 4.51. The molecule has 132 valence electrons. The lowest BCUT2D eigenvalue weighted by atomic mass is 9.98. The molecule has 0 radical (unpaired) electrons. The van der Waals surface area contributed by atoms with Gasteiger partial charge in [0.15, 0.2) is 0 Å². The van der Waals surface area contributed by atoms with Crippen molar-refractivity contribution in [1.29, 1.82) is 0 Å². The number of benzene rings is 1. The van der Waals surface area contributed by atoms with E-state index in [1.807, 2.05) is 15.9 Å². The van der Waals surface area contributed by atoms with E-state index in [1.165, 1.54) is 24.0 Å². The number of likely N-dealkylation sites (tertiary alicyclic amines) is 1. The van der Waals surface area contributed by atoms with Gasteiger partial charge in [0.1, 0.15) is 0 Å². The number of carbonyl (C=O) groups is 2. The number of nitrogens with zero attached hydrogens (tertiary/aromatic N) is 2. The summed E-state index contributed by atoms with van der Waals surface area (Å²) in [5.41, 5.74) is 2.57. The Morgan fingerprint density at radius 2 is 1.84 bits per heavy atom. The standard InChI is InChI=1S/C21H26N2O2/c24-20-14-18(15-23(20)19-8-4-5-9-19)21(25)22-12-10-17(11-13-22)16-6-2-1-3-7-16/h1-3,6-7,10,18-19H,4-5,8-9,11-15H2/t18-/m1/s1. The van der Waals surface area contributed by atoms with Gasteiger partial charge < -0.3 is 9.80 Å². The molecule has 0 spiro atoms. The largest absolute Gasteiger partial charge is 0.339 e. The van der Waals surface area contributed by atoms with Crippen LogP contribution in [0.3, 0.4) is 0 Å². The van der Waals surface area contributed by atoms with Crippen molar-refractivity contribution in [2.45, 2.75) is 44.6 Å². The molecule has 4 rings (SSSR count). The molecule has 0 bridgehead atoms. The van der Waals surface area contributed by atoms with Crippen LogP contribution in [-0.4, -0.2) is 47.3 Å². The van der Waals surface area contributed by atoms with Crippen molar-refractivity contribution in [3.8, 4) is 0 Å². The zero-order chi connectivity index (χ0) is 17.2. The molecule has 1 aliphatic carbocycles. The summed E-state index contributed by atoms with van der Waals surface area (Å²) in [6.07, 6.45) is 8.11. The fraction of sp³-hybridized carbons (Fsp3) is 0.524. The Labute approximate surface area is 149 Å². The molecule has 3 aliphatic rings. The first-order valence-corrected chi connectivity index (χ1v) is 9.55. The number of amides is 2. The van der Waals surface area contributed by atoms with E-state index in [1.54, 1.807) is 0 Å². The third kappa shape index (κ3) is 3.35. The number of hydrogen-bond acceptors (Lipinski definition) is 2. The highest BCUT2D eigenvalue weighted by molar-refractivity contribution is 5.90. The Morgan fingerprint density at radius 1 is 1.08 bits per heavy atom. The van der Waals surface area contributed by atoms with Gasteiger partial charge in [-0.1, -0.05) is 49.2 Å². The van der Waals surface area contributed by atoms with Crippen LogP contribution < -0.4 is 0 Å². The minimum atomic E-state index is -0.139. The molecule has 2 heterocycles. The maximum Gasteiger partial charge on any atom is 0.228 e. The summed E-state index contributed by atoms with van der Waals surface area (Å²) in [5.74, 6) is 0.208. The topological polar surface area (TPSA) is 40.6 Å². The van der Waals surface area contributed by atoms with Gasteiger partial charge >= 0.3 is 0 Å². The quantitative estimate of drug-likeness (QED) is 0.850. The molecule has 0 unspecified atom stereocenters. The van der Waals surface area contributed by atoms with Crippen molar-refractivity contribution in [2.75, 3.05) is 19.6 Å². The fourth-order valence-corrected chi connectivity index (χ4v) is 4.51. The minimum Gasteiger partial charge on any atom is -0.339 e. The van der Waals surface area contributed by atoms with Crippen molar-refractivity contribution in [2.24, 2.45) is 5.92 Å². The molecule has 1 aromatic carbocycles. The summed E-state index contributed by atoms with van der Waals surface area (Å²) in [5, 5.41) is 0. The summed E-state index contributed by atoms with van der Waals surface area (Å²) < 4.78 is 0. The molecule has 2 aliphatic heterocycles. The van der Waals surface area contributed by atoms with Gasteiger partial charge in [0.2, 0.25) is 11.8 Å². The Balaban J connectivity index is 1.38. The monoisotopic (exact) mass is 338 g/mol. The van der Waals surface area contributed by atoms with Crippen LogP contribution in [0.25, 0.3) is 5.57 Å². The lowest BCUT2D eigenvalue weighted by Crippen LogP contribution is -2.40. The Bertz CT molecular complexity index is 676. The Morgan fingerprint density at radius 3 is 2.52 bits per heavy atom. The Kier molecular flexibility index (Phi) is 4.60. The molecule has 4 heteroatoms. The van der Waals surface area contributed by atoms with Crippen LogP contribution >= 0.6 is 0 Å². The van der Waals surface area contributed by atoms with Gasteiger partial charge in [-0.2, -0.15) is 0 Å². The van der Waals surface area contributed by atoms with E-state index in [0.29, 0.717) is 25.6 Å². The summed E-state index contributed by atoms with van der Waals surface area (Å²) in [4.78, 5) is 29.1. The summed E-state index contributed by atoms with van der Waals surface area (Å²) in [7, 11) is 0. The number of hydrogen-bond donors (Lipinski definition) is 0. The van der Waals surface area contributed by atoms with Gasteiger partial charge in [0.25, 0.3) is 0 Å². The first-order chi connectivity index (χ1) is 12.2. The van der Waals surface area contributed by atoms with Gasteiger partial charge in [-0.05, 0) is 30.4 Å². The summed E-state index contributed by atoms with van der Waals surface area (Å²) >= 11 is 0.